The highest BCUT2D eigenvalue weighted by Gasteiger charge is 2.43. The zero-order valence-electron chi connectivity index (χ0n) is 15.2. The molecule has 1 saturated heterocycles. The SMILES string of the molecule is CCC1(C(=O)N2CCC[C@H](c3n[nH]c(=S)n3C(C)C)C2)CCCC1. The predicted octanol–water partition coefficient (Wildman–Crippen LogP) is 4.20. The van der Waals surface area contributed by atoms with Crippen LogP contribution in [-0.4, -0.2) is 38.7 Å². The summed E-state index contributed by atoms with van der Waals surface area (Å²) in [7, 11) is 0. The second kappa shape index (κ2) is 6.98. The Morgan fingerprint density at radius 1 is 1.38 bits per heavy atom. The first-order valence-electron chi connectivity index (χ1n) is 9.44. The van der Waals surface area contributed by atoms with Crippen molar-refractivity contribution in [1.29, 1.82) is 0 Å². The second-order valence-electron chi connectivity index (χ2n) is 7.78. The third-order valence-electron chi connectivity index (χ3n) is 6.01. The van der Waals surface area contributed by atoms with Gasteiger partial charge in [-0.2, -0.15) is 5.10 Å². The molecule has 6 heteroatoms. The normalized spacial score (nSPS) is 23.8. The minimum atomic E-state index is -0.0926. The topological polar surface area (TPSA) is 53.9 Å². The second-order valence-corrected chi connectivity index (χ2v) is 8.17. The Bertz CT molecular complexity index is 642. The van der Waals surface area contributed by atoms with Crippen molar-refractivity contribution in [1.82, 2.24) is 19.7 Å². The molecule has 1 amide bonds. The zero-order chi connectivity index (χ0) is 17.3. The van der Waals surface area contributed by atoms with Crippen molar-refractivity contribution >= 4 is 18.1 Å². The van der Waals surface area contributed by atoms with Crippen LogP contribution in [0, 0.1) is 10.2 Å². The molecule has 0 bridgehead atoms. The van der Waals surface area contributed by atoms with Crippen LogP contribution in [-0.2, 0) is 4.79 Å². The summed E-state index contributed by atoms with van der Waals surface area (Å²) in [6, 6.07) is 0.286. The molecule has 1 aliphatic heterocycles. The predicted molar refractivity (Wildman–Crippen MR) is 97.5 cm³/mol. The van der Waals surface area contributed by atoms with Gasteiger partial charge in [-0.15, -0.1) is 0 Å². The van der Waals surface area contributed by atoms with E-state index < -0.39 is 0 Å². The van der Waals surface area contributed by atoms with E-state index in [1.807, 2.05) is 0 Å². The molecule has 1 aromatic rings. The van der Waals surface area contributed by atoms with Gasteiger partial charge in [0.1, 0.15) is 5.82 Å². The molecular weight excluding hydrogens is 320 g/mol. The molecule has 0 radical (unpaired) electrons. The van der Waals surface area contributed by atoms with Crippen molar-refractivity contribution in [3.8, 4) is 0 Å². The smallest absolute Gasteiger partial charge is 0.228 e. The molecule has 1 aliphatic carbocycles. The summed E-state index contributed by atoms with van der Waals surface area (Å²) < 4.78 is 2.79. The highest BCUT2D eigenvalue weighted by atomic mass is 32.1. The van der Waals surface area contributed by atoms with Gasteiger partial charge in [-0.05, 0) is 58.2 Å². The Morgan fingerprint density at radius 2 is 2.08 bits per heavy atom. The number of piperidine rings is 1. The summed E-state index contributed by atoms with van der Waals surface area (Å²) in [6.07, 6.45) is 7.62. The van der Waals surface area contributed by atoms with E-state index in [1.54, 1.807) is 0 Å². The summed E-state index contributed by atoms with van der Waals surface area (Å²) in [5.41, 5.74) is -0.0926. The molecule has 2 heterocycles. The Labute approximate surface area is 149 Å². The molecule has 0 unspecified atom stereocenters. The van der Waals surface area contributed by atoms with E-state index in [9.17, 15) is 4.79 Å². The third-order valence-corrected chi connectivity index (χ3v) is 6.30. The van der Waals surface area contributed by atoms with Crippen LogP contribution < -0.4 is 0 Å². The third kappa shape index (κ3) is 3.05. The Hall–Kier alpha value is -1.17. The Balaban J connectivity index is 1.80. The number of H-pyrrole nitrogens is 1. The monoisotopic (exact) mass is 350 g/mol. The molecule has 3 rings (SSSR count). The molecule has 0 aromatic carbocycles. The van der Waals surface area contributed by atoms with Gasteiger partial charge in [0.2, 0.25) is 5.91 Å². The number of amides is 1. The molecule has 1 aromatic heterocycles. The fraction of sp³-hybridized carbons (Fsp3) is 0.833. The van der Waals surface area contributed by atoms with Crippen LogP contribution in [0.4, 0.5) is 0 Å². The number of carbonyl (C=O) groups is 1. The average Bonchev–Trinajstić information content (AvgIpc) is 3.21. The molecule has 2 aliphatic rings. The van der Waals surface area contributed by atoms with Crippen molar-refractivity contribution in [2.75, 3.05) is 13.1 Å². The fourth-order valence-corrected chi connectivity index (χ4v) is 4.93. The fourth-order valence-electron chi connectivity index (χ4n) is 4.58. The number of hydrogen-bond acceptors (Lipinski definition) is 3. The van der Waals surface area contributed by atoms with Crippen LogP contribution >= 0.6 is 12.2 Å². The maximum absolute atomic E-state index is 13.2. The largest absolute Gasteiger partial charge is 0.341 e. The molecule has 134 valence electrons. The average molecular weight is 351 g/mol. The van der Waals surface area contributed by atoms with E-state index in [1.165, 1.54) is 12.8 Å². The van der Waals surface area contributed by atoms with Gasteiger partial charge in [0.05, 0.1) is 0 Å². The van der Waals surface area contributed by atoms with Gasteiger partial charge in [0.15, 0.2) is 4.77 Å². The van der Waals surface area contributed by atoms with Gasteiger partial charge in [0, 0.05) is 30.5 Å². The number of nitrogens with zero attached hydrogens (tertiary/aromatic N) is 3. The molecule has 1 atom stereocenters. The molecular formula is C18H30N4OS. The van der Waals surface area contributed by atoms with Gasteiger partial charge in [0.25, 0.3) is 0 Å². The first kappa shape index (κ1) is 17.6. The number of carbonyl (C=O) groups excluding carboxylic acids is 1. The highest BCUT2D eigenvalue weighted by Crippen LogP contribution is 2.43. The standard InChI is InChI=1S/C18H30N4OS/c1-4-18(9-5-6-10-18)16(23)21-11-7-8-14(12-21)15-19-20-17(24)22(15)13(2)3/h13-14H,4-12H2,1-3H3,(H,20,24)/t14-/m0/s1. The summed E-state index contributed by atoms with van der Waals surface area (Å²) in [5, 5.41) is 7.44. The van der Waals surface area contributed by atoms with Crippen LogP contribution in [0.3, 0.4) is 0 Å². The van der Waals surface area contributed by atoms with Crippen molar-refractivity contribution < 1.29 is 4.79 Å². The first-order chi connectivity index (χ1) is 11.5. The van der Waals surface area contributed by atoms with Gasteiger partial charge in [-0.25, -0.2) is 0 Å². The summed E-state index contributed by atoms with van der Waals surface area (Å²) in [6.45, 7) is 8.11. The Kier molecular flexibility index (Phi) is 5.13. The lowest BCUT2D eigenvalue weighted by molar-refractivity contribution is -0.143. The summed E-state index contributed by atoms with van der Waals surface area (Å²) in [4.78, 5) is 15.3. The highest BCUT2D eigenvalue weighted by molar-refractivity contribution is 7.71. The van der Waals surface area contributed by atoms with E-state index in [4.69, 9.17) is 12.2 Å². The lowest BCUT2D eigenvalue weighted by Crippen LogP contribution is -2.47. The minimum Gasteiger partial charge on any atom is -0.341 e. The van der Waals surface area contributed by atoms with E-state index in [0.29, 0.717) is 10.7 Å². The van der Waals surface area contributed by atoms with Crippen LogP contribution in [0.5, 0.6) is 0 Å². The van der Waals surface area contributed by atoms with Crippen LogP contribution in [0.1, 0.15) is 83.5 Å². The summed E-state index contributed by atoms with van der Waals surface area (Å²) in [5.74, 6) is 1.69. The first-order valence-corrected chi connectivity index (χ1v) is 9.85. The molecule has 2 fully saturated rings. The van der Waals surface area contributed by atoms with Gasteiger partial charge >= 0.3 is 0 Å². The van der Waals surface area contributed by atoms with E-state index in [-0.39, 0.29) is 17.4 Å². The maximum Gasteiger partial charge on any atom is 0.228 e. The van der Waals surface area contributed by atoms with Crippen molar-refractivity contribution in [2.45, 2.75) is 77.7 Å². The molecule has 5 nitrogen and oxygen atoms in total. The molecule has 0 spiro atoms. The molecule has 24 heavy (non-hydrogen) atoms. The quantitative estimate of drug-likeness (QED) is 0.828. The molecule has 1 N–H and O–H groups in total. The number of nitrogens with one attached hydrogen (secondary N) is 1. The minimum absolute atomic E-state index is 0.0926. The van der Waals surface area contributed by atoms with Crippen molar-refractivity contribution in [2.24, 2.45) is 5.41 Å². The number of aromatic nitrogens is 3. The van der Waals surface area contributed by atoms with E-state index in [0.717, 1.165) is 51.0 Å². The van der Waals surface area contributed by atoms with Crippen LogP contribution in [0.15, 0.2) is 0 Å². The van der Waals surface area contributed by atoms with Gasteiger partial charge in [-0.1, -0.05) is 19.8 Å². The summed E-state index contributed by atoms with van der Waals surface area (Å²) >= 11 is 5.39. The van der Waals surface area contributed by atoms with E-state index in [2.05, 4.69) is 40.4 Å². The lowest BCUT2D eigenvalue weighted by Gasteiger charge is -2.38. The van der Waals surface area contributed by atoms with E-state index >= 15 is 0 Å². The Morgan fingerprint density at radius 3 is 2.71 bits per heavy atom. The van der Waals surface area contributed by atoms with Crippen molar-refractivity contribution in [3.05, 3.63) is 10.6 Å². The maximum atomic E-state index is 13.2. The van der Waals surface area contributed by atoms with Crippen LogP contribution in [0.25, 0.3) is 0 Å². The number of aromatic amines is 1. The number of rotatable bonds is 4. The van der Waals surface area contributed by atoms with Gasteiger partial charge < -0.3 is 9.47 Å². The van der Waals surface area contributed by atoms with Gasteiger partial charge in [-0.3, -0.25) is 9.89 Å². The molecule has 1 saturated carbocycles. The number of likely N-dealkylation sites (tertiary alicyclic amines) is 1. The number of hydrogen-bond donors (Lipinski definition) is 1. The lowest BCUT2D eigenvalue weighted by atomic mass is 9.81. The van der Waals surface area contributed by atoms with Crippen molar-refractivity contribution in [3.63, 3.8) is 0 Å². The van der Waals surface area contributed by atoms with Crippen LogP contribution in [0.2, 0.25) is 0 Å². The zero-order valence-corrected chi connectivity index (χ0v) is 16.0.